The Bertz CT molecular complexity index is 262. The molecule has 0 radical (unpaired) electrons. The summed E-state index contributed by atoms with van der Waals surface area (Å²) in [5, 5.41) is 0. The van der Waals surface area contributed by atoms with Crippen molar-refractivity contribution in [1.82, 2.24) is 4.98 Å². The zero-order valence-corrected chi connectivity index (χ0v) is 5.74. The molecule has 0 fully saturated rings. The molecule has 1 N–H and O–H groups in total. The van der Waals surface area contributed by atoms with Crippen molar-refractivity contribution in [3.63, 3.8) is 0 Å². The minimum atomic E-state index is 0.837. The zero-order valence-electron chi connectivity index (χ0n) is 4.92. The van der Waals surface area contributed by atoms with E-state index in [2.05, 4.69) is 11.6 Å². The number of nitrogens with one attached hydrogen (secondary N) is 1. The van der Waals surface area contributed by atoms with Crippen LogP contribution in [-0.4, -0.2) is 4.98 Å². The molecule has 0 amide bonds. The molecule has 0 bridgehead atoms. The second-order valence-corrected chi connectivity index (χ2v) is 2.16. The molecule has 0 saturated heterocycles. The Labute approximate surface area is 59.1 Å². The van der Waals surface area contributed by atoms with E-state index in [0.717, 1.165) is 10.2 Å². The maximum absolute atomic E-state index is 4.90. The highest BCUT2D eigenvalue weighted by Crippen LogP contribution is 1.95. The number of hydrogen-bond acceptors (Lipinski definition) is 1. The monoisotopic (exact) mass is 137 g/mol. The first kappa shape index (κ1) is 6.23. The van der Waals surface area contributed by atoms with Gasteiger partial charge in [-0.1, -0.05) is 18.8 Å². The molecule has 1 aromatic rings. The lowest BCUT2D eigenvalue weighted by Gasteiger charge is -1.88. The van der Waals surface area contributed by atoms with Gasteiger partial charge in [0.25, 0.3) is 0 Å². The highest BCUT2D eigenvalue weighted by atomic mass is 32.1. The van der Waals surface area contributed by atoms with Gasteiger partial charge >= 0.3 is 0 Å². The first-order chi connectivity index (χ1) is 4.33. The van der Waals surface area contributed by atoms with Crippen LogP contribution in [0.15, 0.2) is 24.9 Å². The van der Waals surface area contributed by atoms with Gasteiger partial charge in [0, 0.05) is 16.4 Å². The van der Waals surface area contributed by atoms with Crippen molar-refractivity contribution in [2.45, 2.75) is 0 Å². The van der Waals surface area contributed by atoms with Crippen LogP contribution in [0, 0.1) is 4.51 Å². The predicted molar refractivity (Wildman–Crippen MR) is 41.7 cm³/mol. The summed E-state index contributed by atoms with van der Waals surface area (Å²) in [6.07, 6.45) is 3.54. The molecular formula is C7H7NS. The molecule has 0 aliphatic heterocycles. The molecule has 0 saturated carbocycles. The van der Waals surface area contributed by atoms with Crippen molar-refractivity contribution in [1.29, 1.82) is 0 Å². The first-order valence-corrected chi connectivity index (χ1v) is 3.05. The molecule has 2 heteroatoms. The van der Waals surface area contributed by atoms with Crippen LogP contribution in [0.4, 0.5) is 0 Å². The number of aromatic nitrogens is 1. The third-order valence-electron chi connectivity index (χ3n) is 1.02. The van der Waals surface area contributed by atoms with Gasteiger partial charge in [-0.25, -0.2) is 0 Å². The third kappa shape index (κ3) is 1.50. The standard InChI is InChI=1S/C7H7NS/c1-2-6-5-7(9)3-4-8-6/h2-5H,1H2,(H,8,9). The fourth-order valence-electron chi connectivity index (χ4n) is 0.581. The van der Waals surface area contributed by atoms with E-state index in [9.17, 15) is 0 Å². The van der Waals surface area contributed by atoms with Crippen molar-refractivity contribution < 1.29 is 0 Å². The van der Waals surface area contributed by atoms with E-state index >= 15 is 0 Å². The summed E-state index contributed by atoms with van der Waals surface area (Å²) >= 11 is 4.90. The highest BCUT2D eigenvalue weighted by molar-refractivity contribution is 7.71. The molecule has 1 heterocycles. The van der Waals surface area contributed by atoms with E-state index in [4.69, 9.17) is 12.2 Å². The second-order valence-electron chi connectivity index (χ2n) is 1.68. The van der Waals surface area contributed by atoms with E-state index in [1.807, 2.05) is 12.1 Å². The maximum atomic E-state index is 4.90. The molecule has 46 valence electrons. The number of rotatable bonds is 1. The van der Waals surface area contributed by atoms with Crippen molar-refractivity contribution in [2.75, 3.05) is 0 Å². The molecule has 0 unspecified atom stereocenters. The van der Waals surface area contributed by atoms with Crippen LogP contribution in [0.5, 0.6) is 0 Å². The molecule has 1 rings (SSSR count). The van der Waals surface area contributed by atoms with Gasteiger partial charge in [-0.15, -0.1) is 0 Å². The van der Waals surface area contributed by atoms with Crippen LogP contribution in [0.3, 0.4) is 0 Å². The second kappa shape index (κ2) is 2.60. The van der Waals surface area contributed by atoms with Crippen LogP contribution >= 0.6 is 12.2 Å². The van der Waals surface area contributed by atoms with Crippen LogP contribution in [0.25, 0.3) is 6.08 Å². The third-order valence-corrected chi connectivity index (χ3v) is 1.27. The van der Waals surface area contributed by atoms with Crippen molar-refractivity contribution in [2.24, 2.45) is 0 Å². The van der Waals surface area contributed by atoms with E-state index in [-0.39, 0.29) is 0 Å². The summed E-state index contributed by atoms with van der Waals surface area (Å²) in [6, 6.07) is 3.70. The predicted octanol–water partition coefficient (Wildman–Crippen LogP) is 2.39. The van der Waals surface area contributed by atoms with Crippen molar-refractivity contribution in [3.05, 3.63) is 35.1 Å². The Morgan fingerprint density at radius 2 is 2.44 bits per heavy atom. The Morgan fingerprint density at radius 3 is 2.89 bits per heavy atom. The van der Waals surface area contributed by atoms with Gasteiger partial charge in [0.05, 0.1) is 0 Å². The van der Waals surface area contributed by atoms with E-state index in [1.54, 1.807) is 12.3 Å². The van der Waals surface area contributed by atoms with Gasteiger partial charge in [-0.05, 0) is 18.2 Å². The molecule has 0 spiro atoms. The molecular weight excluding hydrogens is 130 g/mol. The zero-order chi connectivity index (χ0) is 6.69. The van der Waals surface area contributed by atoms with Gasteiger partial charge in [0.1, 0.15) is 0 Å². The first-order valence-electron chi connectivity index (χ1n) is 2.64. The van der Waals surface area contributed by atoms with Crippen LogP contribution in [0.1, 0.15) is 5.69 Å². The molecule has 1 aromatic heterocycles. The largest absolute Gasteiger partial charge is 0.362 e. The summed E-state index contributed by atoms with van der Waals surface area (Å²) in [5.41, 5.74) is 0.961. The SMILES string of the molecule is C=Cc1cc(=S)cc[nH]1. The normalized spacial score (nSPS) is 8.89. The average Bonchev–Trinajstić information content (AvgIpc) is 1.88. The Kier molecular flexibility index (Phi) is 1.80. The Morgan fingerprint density at radius 1 is 1.67 bits per heavy atom. The Hall–Kier alpha value is -0.890. The summed E-state index contributed by atoms with van der Waals surface area (Å²) in [5.74, 6) is 0. The highest BCUT2D eigenvalue weighted by Gasteiger charge is 1.80. The number of pyridine rings is 1. The fraction of sp³-hybridized carbons (Fsp3) is 0. The minimum absolute atomic E-state index is 0.837. The molecule has 0 atom stereocenters. The van der Waals surface area contributed by atoms with Gasteiger partial charge in [-0.2, -0.15) is 0 Å². The maximum Gasteiger partial charge on any atom is 0.0412 e. The summed E-state index contributed by atoms with van der Waals surface area (Å²) in [4.78, 5) is 2.97. The average molecular weight is 137 g/mol. The molecule has 9 heavy (non-hydrogen) atoms. The summed E-state index contributed by atoms with van der Waals surface area (Å²) in [6.45, 7) is 3.59. The van der Waals surface area contributed by atoms with Gasteiger partial charge in [0.15, 0.2) is 0 Å². The lowest BCUT2D eigenvalue weighted by Crippen LogP contribution is -1.75. The van der Waals surface area contributed by atoms with Crippen LogP contribution < -0.4 is 0 Å². The van der Waals surface area contributed by atoms with Crippen molar-refractivity contribution >= 4 is 18.3 Å². The van der Waals surface area contributed by atoms with Crippen molar-refractivity contribution in [3.8, 4) is 0 Å². The van der Waals surface area contributed by atoms with E-state index < -0.39 is 0 Å². The molecule has 0 aliphatic rings. The summed E-state index contributed by atoms with van der Waals surface area (Å²) in [7, 11) is 0. The fourth-order valence-corrected chi connectivity index (χ4v) is 0.776. The molecule has 0 aliphatic carbocycles. The quantitative estimate of drug-likeness (QED) is 0.587. The van der Waals surface area contributed by atoms with Gasteiger partial charge < -0.3 is 4.98 Å². The number of H-pyrrole nitrogens is 1. The topological polar surface area (TPSA) is 15.8 Å². The van der Waals surface area contributed by atoms with Gasteiger partial charge in [0.2, 0.25) is 0 Å². The molecule has 0 aromatic carbocycles. The van der Waals surface area contributed by atoms with E-state index in [1.165, 1.54) is 0 Å². The Balaban J connectivity index is 3.23. The summed E-state index contributed by atoms with van der Waals surface area (Å²) < 4.78 is 0.837. The lowest BCUT2D eigenvalue weighted by atomic mass is 10.3. The smallest absolute Gasteiger partial charge is 0.0412 e. The van der Waals surface area contributed by atoms with E-state index in [0.29, 0.717) is 0 Å². The lowest BCUT2D eigenvalue weighted by molar-refractivity contribution is 1.29. The van der Waals surface area contributed by atoms with Crippen LogP contribution in [0.2, 0.25) is 0 Å². The number of aromatic amines is 1. The van der Waals surface area contributed by atoms with Gasteiger partial charge in [-0.3, -0.25) is 0 Å². The van der Waals surface area contributed by atoms with Crippen LogP contribution in [-0.2, 0) is 0 Å². The number of hydrogen-bond donors (Lipinski definition) is 1. The minimum Gasteiger partial charge on any atom is -0.362 e. The molecule has 1 nitrogen and oxygen atoms in total.